The highest BCUT2D eigenvalue weighted by molar-refractivity contribution is 5.92. The van der Waals surface area contributed by atoms with E-state index in [0.29, 0.717) is 18.2 Å². The fraction of sp³-hybridized carbons (Fsp3) is 0.391. The van der Waals surface area contributed by atoms with Gasteiger partial charge in [0.25, 0.3) is 5.91 Å². The predicted octanol–water partition coefficient (Wildman–Crippen LogP) is 4.69. The molecule has 2 heterocycles. The molecule has 5 heteroatoms. The Morgan fingerprint density at radius 1 is 1.14 bits per heavy atom. The average molecular weight is 377 g/mol. The molecule has 4 rings (SSSR count). The summed E-state index contributed by atoms with van der Waals surface area (Å²) in [5, 5.41) is 4.35. The number of aryl methyl sites for hydroxylation is 2. The van der Waals surface area contributed by atoms with Gasteiger partial charge in [-0.1, -0.05) is 30.3 Å². The van der Waals surface area contributed by atoms with Crippen LogP contribution in [0, 0.1) is 6.92 Å². The fourth-order valence-corrected chi connectivity index (χ4v) is 4.34. The summed E-state index contributed by atoms with van der Waals surface area (Å²) < 4.78 is 7.23. The monoisotopic (exact) mass is 377 g/mol. The summed E-state index contributed by atoms with van der Waals surface area (Å²) in [6.07, 6.45) is 5.87. The number of aromatic nitrogens is 2. The van der Waals surface area contributed by atoms with Crippen molar-refractivity contribution in [2.75, 3.05) is 0 Å². The maximum Gasteiger partial charge on any atom is 0.272 e. The second-order valence-electron chi connectivity index (χ2n) is 7.72. The van der Waals surface area contributed by atoms with Gasteiger partial charge in [-0.25, -0.2) is 0 Å². The fourth-order valence-electron chi connectivity index (χ4n) is 4.34. The van der Waals surface area contributed by atoms with Gasteiger partial charge in [0, 0.05) is 13.1 Å². The molecule has 1 amide bonds. The van der Waals surface area contributed by atoms with Crippen molar-refractivity contribution in [3.05, 3.63) is 77.5 Å². The SMILES string of the molecule is Cc1cc(C(=O)N(Cc2ccco2)C2CCC(c3ccccc3)CC2)n(C)n1. The number of nitrogens with zero attached hydrogens (tertiary/aromatic N) is 3. The molecule has 1 saturated carbocycles. The molecular formula is C23H27N3O2. The lowest BCUT2D eigenvalue weighted by atomic mass is 9.81. The minimum atomic E-state index is 0.0302. The van der Waals surface area contributed by atoms with Crippen LogP contribution in [-0.2, 0) is 13.6 Å². The Morgan fingerprint density at radius 2 is 1.89 bits per heavy atom. The van der Waals surface area contributed by atoms with Crippen LogP contribution in [0.3, 0.4) is 0 Å². The summed E-state index contributed by atoms with van der Waals surface area (Å²) in [6, 6.07) is 16.6. The minimum Gasteiger partial charge on any atom is -0.467 e. The molecule has 0 unspecified atom stereocenters. The molecule has 0 bridgehead atoms. The quantitative estimate of drug-likeness (QED) is 0.648. The molecule has 0 aliphatic heterocycles. The average Bonchev–Trinajstić information content (AvgIpc) is 3.35. The van der Waals surface area contributed by atoms with Crippen molar-refractivity contribution in [3.63, 3.8) is 0 Å². The molecule has 146 valence electrons. The molecule has 1 aliphatic rings. The van der Waals surface area contributed by atoms with Crippen molar-refractivity contribution in [1.82, 2.24) is 14.7 Å². The lowest BCUT2D eigenvalue weighted by Gasteiger charge is -2.36. The van der Waals surface area contributed by atoms with Crippen molar-refractivity contribution in [2.24, 2.45) is 7.05 Å². The Bertz CT molecular complexity index is 907. The van der Waals surface area contributed by atoms with Crippen LogP contribution in [0.4, 0.5) is 0 Å². The van der Waals surface area contributed by atoms with Gasteiger partial charge in [0.1, 0.15) is 11.5 Å². The molecule has 2 aromatic heterocycles. The van der Waals surface area contributed by atoms with Crippen LogP contribution in [0.1, 0.15) is 59.1 Å². The third-order valence-corrected chi connectivity index (χ3v) is 5.80. The van der Waals surface area contributed by atoms with Gasteiger partial charge in [-0.2, -0.15) is 5.10 Å². The highest BCUT2D eigenvalue weighted by Gasteiger charge is 2.31. The Labute approximate surface area is 166 Å². The van der Waals surface area contributed by atoms with Gasteiger partial charge < -0.3 is 9.32 Å². The number of furan rings is 1. The zero-order valence-electron chi connectivity index (χ0n) is 16.5. The number of hydrogen-bond acceptors (Lipinski definition) is 3. The van der Waals surface area contributed by atoms with E-state index in [0.717, 1.165) is 37.1 Å². The van der Waals surface area contributed by atoms with Crippen LogP contribution < -0.4 is 0 Å². The zero-order chi connectivity index (χ0) is 19.5. The molecule has 0 radical (unpaired) electrons. The molecule has 0 atom stereocenters. The van der Waals surface area contributed by atoms with Crippen LogP contribution in [-0.4, -0.2) is 26.6 Å². The number of amides is 1. The molecule has 1 fully saturated rings. The lowest BCUT2D eigenvalue weighted by Crippen LogP contribution is -2.42. The van der Waals surface area contributed by atoms with E-state index in [2.05, 4.69) is 35.4 Å². The third-order valence-electron chi connectivity index (χ3n) is 5.80. The number of rotatable bonds is 5. The van der Waals surface area contributed by atoms with Crippen LogP contribution in [0.15, 0.2) is 59.2 Å². The Kier molecular flexibility index (Phi) is 5.33. The van der Waals surface area contributed by atoms with Crippen LogP contribution in [0.5, 0.6) is 0 Å². The normalized spacial score (nSPS) is 19.5. The van der Waals surface area contributed by atoms with E-state index in [-0.39, 0.29) is 11.9 Å². The first-order chi connectivity index (χ1) is 13.6. The molecular weight excluding hydrogens is 350 g/mol. The number of hydrogen-bond donors (Lipinski definition) is 0. The lowest BCUT2D eigenvalue weighted by molar-refractivity contribution is 0.0576. The molecule has 0 spiro atoms. The van der Waals surface area contributed by atoms with Crippen molar-refractivity contribution < 1.29 is 9.21 Å². The Hall–Kier alpha value is -2.82. The van der Waals surface area contributed by atoms with Crippen molar-refractivity contribution in [1.29, 1.82) is 0 Å². The van der Waals surface area contributed by atoms with Crippen LogP contribution >= 0.6 is 0 Å². The van der Waals surface area contributed by atoms with Gasteiger partial charge in [0.2, 0.25) is 0 Å². The van der Waals surface area contributed by atoms with Gasteiger partial charge in [-0.15, -0.1) is 0 Å². The van der Waals surface area contributed by atoms with Gasteiger partial charge >= 0.3 is 0 Å². The van der Waals surface area contributed by atoms with E-state index >= 15 is 0 Å². The Balaban J connectivity index is 1.52. The van der Waals surface area contributed by atoms with E-state index in [4.69, 9.17) is 4.42 Å². The first-order valence-electron chi connectivity index (χ1n) is 10.0. The minimum absolute atomic E-state index is 0.0302. The predicted molar refractivity (Wildman–Crippen MR) is 108 cm³/mol. The van der Waals surface area contributed by atoms with Crippen LogP contribution in [0.25, 0.3) is 0 Å². The Morgan fingerprint density at radius 3 is 2.50 bits per heavy atom. The van der Waals surface area contributed by atoms with E-state index in [1.165, 1.54) is 5.56 Å². The summed E-state index contributed by atoms with van der Waals surface area (Å²) in [4.78, 5) is 15.4. The summed E-state index contributed by atoms with van der Waals surface area (Å²) in [5.74, 6) is 1.43. The smallest absolute Gasteiger partial charge is 0.272 e. The highest BCUT2D eigenvalue weighted by atomic mass is 16.3. The second-order valence-corrected chi connectivity index (χ2v) is 7.72. The van der Waals surface area contributed by atoms with Crippen molar-refractivity contribution in [3.8, 4) is 0 Å². The molecule has 0 N–H and O–H groups in total. The highest BCUT2D eigenvalue weighted by Crippen LogP contribution is 2.35. The standard InChI is InChI=1S/C23H27N3O2/c1-17-15-22(25(2)24-17)23(27)26(16-21-9-6-14-28-21)20-12-10-19(11-13-20)18-7-4-3-5-8-18/h3-9,14-15,19-20H,10-13,16H2,1-2H3. The maximum atomic E-state index is 13.4. The maximum absolute atomic E-state index is 13.4. The molecule has 1 aliphatic carbocycles. The summed E-state index contributed by atoms with van der Waals surface area (Å²) in [7, 11) is 1.83. The topological polar surface area (TPSA) is 51.3 Å². The summed E-state index contributed by atoms with van der Waals surface area (Å²) in [6.45, 7) is 2.41. The molecule has 5 nitrogen and oxygen atoms in total. The zero-order valence-corrected chi connectivity index (χ0v) is 16.5. The van der Waals surface area contributed by atoms with Crippen molar-refractivity contribution in [2.45, 2.75) is 51.1 Å². The summed E-state index contributed by atoms with van der Waals surface area (Å²) >= 11 is 0. The molecule has 28 heavy (non-hydrogen) atoms. The van der Waals surface area contributed by atoms with E-state index in [1.54, 1.807) is 10.9 Å². The second kappa shape index (κ2) is 8.05. The third kappa shape index (κ3) is 3.88. The number of benzene rings is 1. The van der Waals surface area contributed by atoms with Gasteiger partial charge in [-0.3, -0.25) is 9.48 Å². The largest absolute Gasteiger partial charge is 0.467 e. The molecule has 0 saturated heterocycles. The van der Waals surface area contributed by atoms with Gasteiger partial charge in [0.05, 0.1) is 18.5 Å². The molecule has 1 aromatic carbocycles. The number of carbonyl (C=O) groups is 1. The molecule has 3 aromatic rings. The first-order valence-corrected chi connectivity index (χ1v) is 10.0. The van der Waals surface area contributed by atoms with Gasteiger partial charge in [-0.05, 0) is 62.3 Å². The van der Waals surface area contributed by atoms with E-state index in [1.807, 2.05) is 37.1 Å². The summed E-state index contributed by atoms with van der Waals surface area (Å²) in [5.41, 5.74) is 2.90. The number of carbonyl (C=O) groups excluding carboxylic acids is 1. The van der Waals surface area contributed by atoms with Crippen molar-refractivity contribution >= 4 is 5.91 Å². The van der Waals surface area contributed by atoms with E-state index in [9.17, 15) is 4.79 Å². The van der Waals surface area contributed by atoms with Crippen LogP contribution in [0.2, 0.25) is 0 Å². The van der Waals surface area contributed by atoms with Gasteiger partial charge in [0.15, 0.2) is 0 Å². The first kappa shape index (κ1) is 18.5. The van der Waals surface area contributed by atoms with E-state index < -0.39 is 0 Å².